The van der Waals surface area contributed by atoms with E-state index in [2.05, 4.69) is 9.72 Å². The van der Waals surface area contributed by atoms with Crippen molar-refractivity contribution >= 4 is 17.6 Å². The SMILES string of the molecule is [2H]c1nc(Cl)c([2H])c(C(=O)OC)c1C([2H])([2H])[2H]. The monoisotopic (exact) mass is 190 g/mol. The van der Waals surface area contributed by atoms with Crippen molar-refractivity contribution in [1.82, 2.24) is 4.98 Å². The topological polar surface area (TPSA) is 39.2 Å². The predicted octanol–water partition coefficient (Wildman–Crippen LogP) is 1.83. The van der Waals surface area contributed by atoms with E-state index in [0.717, 1.165) is 7.11 Å². The summed E-state index contributed by atoms with van der Waals surface area (Å²) < 4.78 is 41.0. The van der Waals surface area contributed by atoms with E-state index < -0.39 is 41.3 Å². The Balaban J connectivity index is 3.68. The number of nitrogens with zero attached hydrogens (tertiary/aromatic N) is 1. The lowest BCUT2D eigenvalue weighted by atomic mass is 10.2. The van der Waals surface area contributed by atoms with Gasteiger partial charge in [0.05, 0.1) is 15.4 Å². The van der Waals surface area contributed by atoms with Crippen molar-refractivity contribution in [2.45, 2.75) is 6.85 Å². The van der Waals surface area contributed by atoms with Crippen LogP contribution in [0.2, 0.25) is 5.15 Å². The molecule has 1 aromatic heterocycles. The smallest absolute Gasteiger partial charge is 0.338 e. The Labute approximate surface area is 82.3 Å². The quantitative estimate of drug-likeness (QED) is 0.501. The molecular weight excluding hydrogens is 178 g/mol. The Morgan fingerprint density at radius 3 is 3.25 bits per heavy atom. The van der Waals surface area contributed by atoms with E-state index in [1.165, 1.54) is 0 Å². The summed E-state index contributed by atoms with van der Waals surface area (Å²) in [6.07, 6.45) is -0.661. The van der Waals surface area contributed by atoms with Crippen molar-refractivity contribution in [3.63, 3.8) is 0 Å². The Morgan fingerprint density at radius 1 is 1.92 bits per heavy atom. The van der Waals surface area contributed by atoms with E-state index in [4.69, 9.17) is 18.5 Å². The lowest BCUT2D eigenvalue weighted by Crippen LogP contribution is -2.04. The zero-order chi connectivity index (χ0) is 13.4. The van der Waals surface area contributed by atoms with Gasteiger partial charge in [0.1, 0.15) is 5.15 Å². The summed E-state index contributed by atoms with van der Waals surface area (Å²) >= 11 is 5.53. The summed E-state index contributed by atoms with van der Waals surface area (Å²) in [6.45, 7) is -2.74. The summed E-state index contributed by atoms with van der Waals surface area (Å²) in [7, 11) is 1.04. The molecule has 3 nitrogen and oxygen atoms in total. The highest BCUT2D eigenvalue weighted by atomic mass is 35.5. The van der Waals surface area contributed by atoms with Crippen LogP contribution in [-0.2, 0) is 4.74 Å². The van der Waals surface area contributed by atoms with Gasteiger partial charge in [-0.2, -0.15) is 0 Å². The lowest BCUT2D eigenvalue weighted by Gasteiger charge is -2.02. The van der Waals surface area contributed by atoms with Gasteiger partial charge in [-0.1, -0.05) is 11.6 Å². The molecule has 64 valence electrons. The molecule has 1 heterocycles. The van der Waals surface area contributed by atoms with Gasteiger partial charge in [-0.15, -0.1) is 0 Å². The summed E-state index contributed by atoms with van der Waals surface area (Å²) in [6, 6.07) is -0.555. The summed E-state index contributed by atoms with van der Waals surface area (Å²) in [5, 5.41) is -0.414. The van der Waals surface area contributed by atoms with Gasteiger partial charge in [0.25, 0.3) is 0 Å². The first-order valence-corrected chi connectivity index (χ1v) is 3.33. The number of carbonyl (C=O) groups is 1. The summed E-state index contributed by atoms with van der Waals surface area (Å²) in [5.74, 6) is -1.03. The molecule has 1 rings (SSSR count). The third kappa shape index (κ3) is 1.74. The van der Waals surface area contributed by atoms with Crippen LogP contribution in [0.3, 0.4) is 0 Å². The number of ether oxygens (including phenoxy) is 1. The minimum atomic E-state index is -2.74. The van der Waals surface area contributed by atoms with Crippen LogP contribution in [0.1, 0.15) is 22.8 Å². The molecule has 0 fully saturated rings. The number of aromatic nitrogens is 1. The van der Waals surface area contributed by atoms with Crippen molar-refractivity contribution in [2.24, 2.45) is 0 Å². The Kier molecular flexibility index (Phi) is 1.25. The van der Waals surface area contributed by atoms with E-state index in [1.54, 1.807) is 0 Å². The first-order chi connectivity index (χ1) is 7.70. The number of pyridine rings is 1. The Bertz CT molecular complexity index is 474. The van der Waals surface area contributed by atoms with Crippen LogP contribution >= 0.6 is 11.6 Å². The number of esters is 1. The van der Waals surface area contributed by atoms with Crippen molar-refractivity contribution < 1.29 is 16.4 Å². The maximum Gasteiger partial charge on any atom is 0.338 e. The van der Waals surface area contributed by atoms with Gasteiger partial charge < -0.3 is 4.74 Å². The molecule has 0 bridgehead atoms. The molecule has 0 N–H and O–H groups in total. The molecule has 0 radical (unpaired) electrons. The summed E-state index contributed by atoms with van der Waals surface area (Å²) in [4.78, 5) is 14.8. The first kappa shape index (κ1) is 4.23. The predicted molar refractivity (Wildman–Crippen MR) is 45.3 cm³/mol. The normalized spacial score (nSPS) is 16.7. The maximum absolute atomic E-state index is 11.4. The number of carbonyl (C=O) groups excluding carboxylic acids is 1. The molecule has 0 amide bonds. The largest absolute Gasteiger partial charge is 0.465 e. The molecule has 1 aromatic rings. The zero-order valence-corrected chi connectivity index (χ0v) is 6.90. The highest BCUT2D eigenvalue weighted by Gasteiger charge is 2.09. The Hall–Kier alpha value is -1.09. The lowest BCUT2D eigenvalue weighted by molar-refractivity contribution is 0.0600. The second-order valence-electron chi connectivity index (χ2n) is 1.88. The van der Waals surface area contributed by atoms with Crippen LogP contribution < -0.4 is 0 Å². The molecule has 0 aromatic carbocycles. The molecule has 0 aliphatic carbocycles. The molecule has 12 heavy (non-hydrogen) atoms. The number of rotatable bonds is 1. The highest BCUT2D eigenvalue weighted by Crippen LogP contribution is 2.12. The molecular formula is C8H8ClNO2. The average Bonchev–Trinajstić information content (AvgIpc) is 2.19. The zero-order valence-electron chi connectivity index (χ0n) is 11.1. The van der Waals surface area contributed by atoms with Crippen molar-refractivity contribution in [3.05, 3.63) is 28.5 Å². The fraction of sp³-hybridized carbons (Fsp3) is 0.250. The fourth-order valence-corrected chi connectivity index (χ4v) is 0.746. The van der Waals surface area contributed by atoms with Gasteiger partial charge >= 0.3 is 5.97 Å². The molecule has 0 aliphatic heterocycles. The molecule has 0 spiro atoms. The molecule has 0 saturated carbocycles. The van der Waals surface area contributed by atoms with Gasteiger partial charge in [0.15, 0.2) is 0 Å². The second-order valence-corrected chi connectivity index (χ2v) is 2.24. The van der Waals surface area contributed by atoms with Gasteiger partial charge in [0.2, 0.25) is 0 Å². The highest BCUT2D eigenvalue weighted by molar-refractivity contribution is 6.29. The third-order valence-electron chi connectivity index (χ3n) is 1.13. The van der Waals surface area contributed by atoms with Crippen LogP contribution in [0.15, 0.2) is 12.2 Å². The second kappa shape index (κ2) is 3.54. The maximum atomic E-state index is 11.4. The van der Waals surface area contributed by atoms with Gasteiger partial charge in [-0.3, -0.25) is 0 Å². The van der Waals surface area contributed by atoms with Crippen molar-refractivity contribution in [3.8, 4) is 0 Å². The molecule has 4 heteroatoms. The van der Waals surface area contributed by atoms with Crippen LogP contribution in [0, 0.1) is 6.85 Å². The number of hydrogen-bond acceptors (Lipinski definition) is 3. The number of hydrogen-bond donors (Lipinski definition) is 0. The van der Waals surface area contributed by atoms with E-state index in [9.17, 15) is 4.79 Å². The van der Waals surface area contributed by atoms with E-state index in [0.29, 0.717) is 0 Å². The summed E-state index contributed by atoms with van der Waals surface area (Å²) in [5.41, 5.74) is -1.17. The number of methoxy groups -OCH3 is 1. The minimum Gasteiger partial charge on any atom is -0.465 e. The van der Waals surface area contributed by atoms with Gasteiger partial charge in [-0.05, 0) is 18.5 Å². The fourth-order valence-electron chi connectivity index (χ4n) is 0.610. The van der Waals surface area contributed by atoms with Crippen LogP contribution in [0.25, 0.3) is 0 Å². The van der Waals surface area contributed by atoms with Crippen LogP contribution in [0.4, 0.5) is 0 Å². The van der Waals surface area contributed by atoms with Crippen molar-refractivity contribution in [1.29, 1.82) is 0 Å². The first-order valence-electron chi connectivity index (χ1n) is 5.45. The minimum absolute atomic E-state index is 0.414. The number of halogens is 1. The van der Waals surface area contributed by atoms with E-state index in [-0.39, 0.29) is 0 Å². The third-order valence-corrected chi connectivity index (χ3v) is 1.31. The van der Waals surface area contributed by atoms with Gasteiger partial charge in [0, 0.05) is 10.3 Å². The standard InChI is InChI=1S/C8H8ClNO2/c1-5-4-10-7(9)3-6(5)8(11)12-2/h3-4H,1-2H3/i1D3,3D,4D. The average molecular weight is 191 g/mol. The van der Waals surface area contributed by atoms with Crippen LogP contribution in [-0.4, -0.2) is 18.1 Å². The van der Waals surface area contributed by atoms with Crippen LogP contribution in [0.5, 0.6) is 0 Å². The van der Waals surface area contributed by atoms with E-state index in [1.807, 2.05) is 0 Å². The van der Waals surface area contributed by atoms with E-state index >= 15 is 0 Å². The molecule has 0 saturated heterocycles. The molecule has 0 atom stereocenters. The Morgan fingerprint density at radius 2 is 2.67 bits per heavy atom. The molecule has 0 aliphatic rings. The molecule has 0 unspecified atom stereocenters. The van der Waals surface area contributed by atoms with Gasteiger partial charge in [-0.25, -0.2) is 9.78 Å². The van der Waals surface area contributed by atoms with Crippen molar-refractivity contribution in [2.75, 3.05) is 7.11 Å².